The minimum Gasteiger partial charge on any atom is -0.486 e. The molecule has 1 aromatic rings. The molecular weight excluding hydrogens is 316 g/mol. The summed E-state index contributed by atoms with van der Waals surface area (Å²) in [6, 6.07) is 5.21. The first-order valence-corrected chi connectivity index (χ1v) is 8.24. The van der Waals surface area contributed by atoms with Crippen molar-refractivity contribution in [2.75, 3.05) is 18.4 Å². The van der Waals surface area contributed by atoms with Crippen molar-refractivity contribution in [1.82, 2.24) is 5.32 Å². The number of nitrogens with one attached hydrogen (secondary N) is 2. The smallest absolute Gasteiger partial charge is 0.412 e. The molecule has 23 heavy (non-hydrogen) atoms. The normalized spacial score (nSPS) is 17.4. The van der Waals surface area contributed by atoms with Gasteiger partial charge in [-0.15, -0.1) is 0 Å². The van der Waals surface area contributed by atoms with Gasteiger partial charge in [0.2, 0.25) is 0 Å². The van der Waals surface area contributed by atoms with E-state index in [1.165, 1.54) is 0 Å². The van der Waals surface area contributed by atoms with E-state index in [4.69, 9.17) is 21.1 Å². The number of ether oxygens (including phenoxy) is 2. The molecule has 0 aromatic heterocycles. The average molecular weight is 341 g/mol. The molecule has 2 rings (SSSR count). The maximum Gasteiger partial charge on any atom is 0.412 e. The Bertz CT molecular complexity index is 563. The Kier molecular flexibility index (Phi) is 5.42. The van der Waals surface area contributed by atoms with Crippen molar-refractivity contribution < 1.29 is 14.3 Å². The number of carbonyl (C=O) groups is 1. The number of rotatable bonds is 3. The van der Waals surface area contributed by atoms with Gasteiger partial charge < -0.3 is 14.8 Å². The summed E-state index contributed by atoms with van der Waals surface area (Å²) < 4.78 is 11.3. The third-order valence-electron chi connectivity index (χ3n) is 3.59. The van der Waals surface area contributed by atoms with Gasteiger partial charge in [-0.2, -0.15) is 0 Å². The number of benzene rings is 1. The third kappa shape index (κ3) is 5.59. The fraction of sp³-hybridized carbons (Fsp3) is 0.588. The standard InChI is InChI=1S/C17H25ClN2O3/c1-16(2,3)23-15(21)20-12-5-6-14(13(18)11-12)22-17(4)7-9-19-10-8-17/h5-6,11,19H,7-10H2,1-4H3,(H,20,21). The first kappa shape index (κ1) is 17.9. The molecule has 1 saturated heterocycles. The summed E-state index contributed by atoms with van der Waals surface area (Å²) in [5, 5.41) is 6.45. The van der Waals surface area contributed by atoms with Gasteiger partial charge in [0, 0.05) is 5.69 Å². The summed E-state index contributed by atoms with van der Waals surface area (Å²) in [4.78, 5) is 11.8. The molecule has 0 unspecified atom stereocenters. The van der Waals surface area contributed by atoms with Crippen LogP contribution in [-0.2, 0) is 4.74 Å². The number of halogens is 1. The van der Waals surface area contributed by atoms with Crippen LogP contribution in [-0.4, -0.2) is 30.4 Å². The van der Waals surface area contributed by atoms with E-state index in [0.717, 1.165) is 25.9 Å². The Morgan fingerprint density at radius 1 is 1.30 bits per heavy atom. The highest BCUT2D eigenvalue weighted by molar-refractivity contribution is 6.32. The molecular formula is C17H25ClN2O3. The molecule has 1 aromatic carbocycles. The predicted octanol–water partition coefficient (Wildman–Crippen LogP) is 4.21. The van der Waals surface area contributed by atoms with Gasteiger partial charge >= 0.3 is 6.09 Å². The maximum absolute atomic E-state index is 11.8. The molecule has 2 N–H and O–H groups in total. The van der Waals surface area contributed by atoms with E-state index in [2.05, 4.69) is 17.6 Å². The highest BCUT2D eigenvalue weighted by Crippen LogP contribution is 2.33. The van der Waals surface area contributed by atoms with Crippen LogP contribution in [0.2, 0.25) is 5.02 Å². The first-order valence-electron chi connectivity index (χ1n) is 7.86. The second-order valence-electron chi connectivity index (χ2n) is 7.07. The Morgan fingerprint density at radius 2 is 1.96 bits per heavy atom. The van der Waals surface area contributed by atoms with Gasteiger partial charge in [-0.25, -0.2) is 4.79 Å². The van der Waals surface area contributed by atoms with Crippen molar-refractivity contribution in [1.29, 1.82) is 0 Å². The summed E-state index contributed by atoms with van der Waals surface area (Å²) in [6.07, 6.45) is 1.36. The Balaban J connectivity index is 2.01. The first-order chi connectivity index (χ1) is 10.7. The van der Waals surface area contributed by atoms with E-state index in [-0.39, 0.29) is 5.60 Å². The van der Waals surface area contributed by atoms with Crippen LogP contribution in [0.5, 0.6) is 5.75 Å². The van der Waals surface area contributed by atoms with Crippen LogP contribution < -0.4 is 15.4 Å². The molecule has 128 valence electrons. The van der Waals surface area contributed by atoms with Crippen LogP contribution in [0, 0.1) is 0 Å². The van der Waals surface area contributed by atoms with Crippen molar-refractivity contribution in [3.63, 3.8) is 0 Å². The van der Waals surface area contributed by atoms with Crippen LogP contribution in [0.3, 0.4) is 0 Å². The van der Waals surface area contributed by atoms with Gasteiger partial charge in [0.15, 0.2) is 0 Å². The SMILES string of the molecule is CC(C)(C)OC(=O)Nc1ccc(OC2(C)CCNCC2)c(Cl)c1. The van der Waals surface area contributed by atoms with Gasteiger partial charge in [0.25, 0.3) is 0 Å². The molecule has 0 bridgehead atoms. The van der Waals surface area contributed by atoms with E-state index in [1.807, 2.05) is 20.8 Å². The van der Waals surface area contributed by atoms with Crippen molar-refractivity contribution in [2.24, 2.45) is 0 Å². The highest BCUT2D eigenvalue weighted by atomic mass is 35.5. The number of piperidine rings is 1. The van der Waals surface area contributed by atoms with Crippen molar-refractivity contribution in [2.45, 2.75) is 51.7 Å². The quantitative estimate of drug-likeness (QED) is 0.865. The van der Waals surface area contributed by atoms with E-state index in [9.17, 15) is 4.79 Å². The molecule has 1 fully saturated rings. The second kappa shape index (κ2) is 6.97. The van der Waals surface area contributed by atoms with Gasteiger partial charge in [-0.05, 0) is 71.8 Å². The summed E-state index contributed by atoms with van der Waals surface area (Å²) in [7, 11) is 0. The topological polar surface area (TPSA) is 59.6 Å². The molecule has 0 aliphatic carbocycles. The number of hydrogen-bond acceptors (Lipinski definition) is 4. The van der Waals surface area contributed by atoms with Crippen molar-refractivity contribution in [3.05, 3.63) is 23.2 Å². The highest BCUT2D eigenvalue weighted by Gasteiger charge is 2.29. The summed E-state index contributed by atoms with van der Waals surface area (Å²) in [5.74, 6) is 0.630. The molecule has 6 heteroatoms. The van der Waals surface area contributed by atoms with Gasteiger partial charge in [0.1, 0.15) is 17.0 Å². The molecule has 0 radical (unpaired) electrons. The van der Waals surface area contributed by atoms with Gasteiger partial charge in [-0.3, -0.25) is 5.32 Å². The second-order valence-corrected chi connectivity index (χ2v) is 7.48. The van der Waals surface area contributed by atoms with E-state index in [1.54, 1.807) is 18.2 Å². The molecule has 0 saturated carbocycles. The molecule has 1 amide bonds. The zero-order valence-corrected chi connectivity index (χ0v) is 14.9. The molecule has 1 aliphatic heterocycles. The molecule has 5 nitrogen and oxygen atoms in total. The van der Waals surface area contributed by atoms with Gasteiger partial charge in [-0.1, -0.05) is 11.6 Å². The van der Waals surface area contributed by atoms with Crippen LogP contribution in [0.1, 0.15) is 40.5 Å². The largest absolute Gasteiger partial charge is 0.486 e. The predicted molar refractivity (Wildman–Crippen MR) is 92.4 cm³/mol. The maximum atomic E-state index is 11.8. The number of amides is 1. The Morgan fingerprint density at radius 3 is 2.52 bits per heavy atom. The lowest BCUT2D eigenvalue weighted by molar-refractivity contribution is 0.0556. The lowest BCUT2D eigenvalue weighted by atomic mass is 9.94. The minimum atomic E-state index is -0.541. The average Bonchev–Trinajstić information content (AvgIpc) is 2.40. The van der Waals surface area contributed by atoms with Crippen LogP contribution in [0.4, 0.5) is 10.5 Å². The van der Waals surface area contributed by atoms with Crippen LogP contribution >= 0.6 is 11.6 Å². The van der Waals surface area contributed by atoms with Crippen LogP contribution in [0.15, 0.2) is 18.2 Å². The fourth-order valence-corrected chi connectivity index (χ4v) is 2.63. The third-order valence-corrected chi connectivity index (χ3v) is 3.89. The number of anilines is 1. The summed E-state index contributed by atoms with van der Waals surface area (Å²) >= 11 is 6.29. The van der Waals surface area contributed by atoms with Crippen molar-refractivity contribution >= 4 is 23.4 Å². The molecule has 1 heterocycles. The number of carbonyl (C=O) groups excluding carboxylic acids is 1. The molecule has 0 atom stereocenters. The van der Waals surface area contributed by atoms with E-state index >= 15 is 0 Å². The monoisotopic (exact) mass is 340 g/mol. The Labute approximate surface area is 142 Å². The molecule has 1 aliphatic rings. The Hall–Kier alpha value is -1.46. The van der Waals surface area contributed by atoms with E-state index in [0.29, 0.717) is 16.5 Å². The summed E-state index contributed by atoms with van der Waals surface area (Å²) in [6.45, 7) is 9.42. The summed E-state index contributed by atoms with van der Waals surface area (Å²) in [5.41, 5.74) is -0.178. The number of hydrogen-bond donors (Lipinski definition) is 2. The van der Waals surface area contributed by atoms with Gasteiger partial charge in [0.05, 0.1) is 5.02 Å². The van der Waals surface area contributed by atoms with E-state index < -0.39 is 11.7 Å². The molecule has 0 spiro atoms. The zero-order chi connectivity index (χ0) is 17.1. The fourth-order valence-electron chi connectivity index (χ4n) is 2.41. The zero-order valence-electron chi connectivity index (χ0n) is 14.2. The minimum absolute atomic E-state index is 0.213. The van der Waals surface area contributed by atoms with Crippen LogP contribution in [0.25, 0.3) is 0 Å². The van der Waals surface area contributed by atoms with Crippen molar-refractivity contribution in [3.8, 4) is 5.75 Å². The lowest BCUT2D eigenvalue weighted by Crippen LogP contribution is -2.43. The lowest BCUT2D eigenvalue weighted by Gasteiger charge is -2.35.